The first-order valence-electron chi connectivity index (χ1n) is 4.44. The zero-order valence-corrected chi connectivity index (χ0v) is 8.77. The normalized spacial score (nSPS) is 12.0. The maximum Gasteiger partial charge on any atom is 0.251 e. The molecule has 3 N–H and O–H groups in total. The molecule has 0 heterocycles. The van der Waals surface area contributed by atoms with Crippen LogP contribution in [0.2, 0.25) is 0 Å². The molecule has 1 atom stereocenters. The molecule has 7 heteroatoms. The zero-order valence-electron chi connectivity index (χ0n) is 8.77. The molecule has 1 unspecified atom stereocenters. The molecule has 0 aliphatic carbocycles. The first-order chi connectivity index (χ1) is 7.51. The molecule has 0 spiro atoms. The lowest BCUT2D eigenvalue weighted by Gasteiger charge is -2.16. The van der Waals surface area contributed by atoms with Gasteiger partial charge >= 0.3 is 0 Å². The highest BCUT2D eigenvalue weighted by Crippen LogP contribution is 2.23. The molecule has 0 aromatic heterocycles. The minimum absolute atomic E-state index is 0.0819. The third-order valence-electron chi connectivity index (χ3n) is 2.20. The van der Waals surface area contributed by atoms with Crippen LogP contribution in [0.3, 0.4) is 0 Å². The van der Waals surface area contributed by atoms with E-state index in [9.17, 15) is 14.9 Å². The minimum atomic E-state index is -1.20. The van der Waals surface area contributed by atoms with Gasteiger partial charge in [0.25, 0.3) is 5.91 Å². The van der Waals surface area contributed by atoms with Crippen LogP contribution < -0.4 is 10.5 Å². The maximum absolute atomic E-state index is 11.4. The summed E-state index contributed by atoms with van der Waals surface area (Å²) in [6.07, 6.45) is 0. The van der Waals surface area contributed by atoms with Crippen LogP contribution in [0.4, 0.5) is 11.4 Å². The Hall–Kier alpha value is -1.83. The van der Waals surface area contributed by atoms with Crippen molar-refractivity contribution in [3.8, 4) is 0 Å². The molecule has 86 valence electrons. The molecule has 16 heavy (non-hydrogen) atoms. The average Bonchev–Trinajstić information content (AvgIpc) is 2.28. The predicted molar refractivity (Wildman–Crippen MR) is 55.8 cm³/mol. The smallest absolute Gasteiger partial charge is 0.251 e. The van der Waals surface area contributed by atoms with E-state index in [0.717, 1.165) is 6.07 Å². The van der Waals surface area contributed by atoms with E-state index >= 15 is 0 Å². The number of hydrogen-bond acceptors (Lipinski definition) is 5. The summed E-state index contributed by atoms with van der Waals surface area (Å²) in [5.41, 5.74) is 0.258. The number of carbonyl (C=O) groups is 1. The molecule has 0 aliphatic rings. The van der Waals surface area contributed by atoms with Crippen molar-refractivity contribution in [2.24, 2.45) is 5.18 Å². The summed E-state index contributed by atoms with van der Waals surface area (Å²) in [7, 11) is 1.42. The van der Waals surface area contributed by atoms with Gasteiger partial charge in [-0.25, -0.2) is 5.21 Å². The van der Waals surface area contributed by atoms with Crippen LogP contribution in [0.25, 0.3) is 0 Å². The monoisotopic (exact) mass is 225 g/mol. The van der Waals surface area contributed by atoms with Gasteiger partial charge < -0.3 is 10.5 Å². The van der Waals surface area contributed by atoms with Crippen molar-refractivity contribution in [1.82, 2.24) is 5.32 Å². The summed E-state index contributed by atoms with van der Waals surface area (Å²) in [6.45, 7) is 1.50. The highest BCUT2D eigenvalue weighted by atomic mass is 16.8. The second kappa shape index (κ2) is 4.79. The molecule has 1 aromatic carbocycles. The maximum atomic E-state index is 11.4. The van der Waals surface area contributed by atoms with E-state index in [0.29, 0.717) is 5.56 Å². The van der Waals surface area contributed by atoms with Gasteiger partial charge in [-0.2, -0.15) is 5.23 Å². The fourth-order valence-electron chi connectivity index (χ4n) is 1.34. The van der Waals surface area contributed by atoms with Crippen LogP contribution in [0.15, 0.2) is 17.3 Å². The lowest BCUT2D eigenvalue weighted by molar-refractivity contribution is -0.991. The number of benzene rings is 1. The lowest BCUT2D eigenvalue weighted by atomic mass is 10.0. The number of nitrogens with zero attached hydrogens (tertiary/aromatic N) is 1. The Morgan fingerprint density at radius 2 is 2.19 bits per heavy atom. The van der Waals surface area contributed by atoms with Gasteiger partial charge in [-0.1, -0.05) is 0 Å². The van der Waals surface area contributed by atoms with E-state index in [1.165, 1.54) is 20.0 Å². The van der Waals surface area contributed by atoms with E-state index < -0.39 is 11.1 Å². The van der Waals surface area contributed by atoms with E-state index in [1.54, 1.807) is 0 Å². The molecule has 0 aliphatic heterocycles. The molecular weight excluding hydrogens is 214 g/mol. The fourth-order valence-corrected chi connectivity index (χ4v) is 1.34. The number of rotatable bonds is 3. The molecule has 1 aromatic rings. The molecule has 0 saturated heterocycles. The Morgan fingerprint density at radius 3 is 2.62 bits per heavy atom. The average molecular weight is 225 g/mol. The van der Waals surface area contributed by atoms with Crippen molar-refractivity contribution in [1.29, 1.82) is 0 Å². The van der Waals surface area contributed by atoms with Crippen molar-refractivity contribution in [3.05, 3.63) is 33.4 Å². The van der Waals surface area contributed by atoms with Crippen molar-refractivity contribution in [2.75, 3.05) is 7.05 Å². The molecule has 0 fully saturated rings. The van der Waals surface area contributed by atoms with Crippen LogP contribution >= 0.6 is 0 Å². The Labute approximate surface area is 91.2 Å². The summed E-state index contributed by atoms with van der Waals surface area (Å²) in [5.74, 6) is -0.453. The molecule has 0 radical (unpaired) electrons. The van der Waals surface area contributed by atoms with Gasteiger partial charge in [-0.15, -0.1) is 4.91 Å². The quantitative estimate of drug-likeness (QED) is 0.503. The molecule has 1 amide bonds. The van der Waals surface area contributed by atoms with Crippen LogP contribution in [-0.2, 0) is 0 Å². The summed E-state index contributed by atoms with van der Waals surface area (Å²) < 4.78 is 0. The molecule has 0 saturated carbocycles. The molecule has 1 rings (SSSR count). The van der Waals surface area contributed by atoms with Crippen molar-refractivity contribution < 1.29 is 15.2 Å². The van der Waals surface area contributed by atoms with Gasteiger partial charge in [-0.05, 0) is 18.2 Å². The van der Waals surface area contributed by atoms with Crippen molar-refractivity contribution >= 4 is 17.3 Å². The predicted octanol–water partition coefficient (Wildman–Crippen LogP) is 0.156. The van der Waals surface area contributed by atoms with Gasteiger partial charge in [0, 0.05) is 18.7 Å². The number of carbonyl (C=O) groups excluding carboxylic acids is 1. The van der Waals surface area contributed by atoms with Gasteiger partial charge in [-0.3, -0.25) is 4.79 Å². The zero-order chi connectivity index (χ0) is 12.3. The standard InChI is InChI=1S/C9H11N3O4/c1-5-7(9(13)10-2)3-6(11-14)4-8(5)12(15)16/h3-4,12,15H,1-2H3,(H,10,13). The number of quaternary nitrogens is 1. The minimum Gasteiger partial charge on any atom is -0.595 e. The molecule has 7 nitrogen and oxygen atoms in total. The van der Waals surface area contributed by atoms with Crippen LogP contribution in [0.5, 0.6) is 0 Å². The third-order valence-corrected chi connectivity index (χ3v) is 2.20. The van der Waals surface area contributed by atoms with Crippen LogP contribution in [-0.4, -0.2) is 18.2 Å². The van der Waals surface area contributed by atoms with E-state index in [2.05, 4.69) is 10.5 Å². The number of hydrogen-bond donors (Lipinski definition) is 3. The SMILES string of the molecule is CNC(=O)c1cc(N=O)cc([NH+]([O-])O)c1C. The van der Waals surface area contributed by atoms with Gasteiger partial charge in [0.15, 0.2) is 5.69 Å². The highest BCUT2D eigenvalue weighted by Gasteiger charge is 2.17. The fraction of sp³-hybridized carbons (Fsp3) is 0.222. The molecular formula is C9H11N3O4. The van der Waals surface area contributed by atoms with Gasteiger partial charge in [0.2, 0.25) is 0 Å². The van der Waals surface area contributed by atoms with Gasteiger partial charge in [0.05, 0.1) is 5.56 Å². The Balaban J connectivity index is 3.42. The second-order valence-corrected chi connectivity index (χ2v) is 3.14. The summed E-state index contributed by atoms with van der Waals surface area (Å²) in [4.78, 5) is 21.8. The second-order valence-electron chi connectivity index (χ2n) is 3.14. The topological polar surface area (TPSA) is 106 Å². The first-order valence-corrected chi connectivity index (χ1v) is 4.44. The summed E-state index contributed by atoms with van der Waals surface area (Å²) in [5, 5.41) is 23.6. The third kappa shape index (κ3) is 2.22. The van der Waals surface area contributed by atoms with E-state index in [-0.39, 0.29) is 16.9 Å². The summed E-state index contributed by atoms with van der Waals surface area (Å²) >= 11 is 0. The van der Waals surface area contributed by atoms with E-state index in [4.69, 9.17) is 5.21 Å². The lowest BCUT2D eigenvalue weighted by Crippen LogP contribution is -2.99. The number of nitrogens with one attached hydrogen (secondary N) is 2. The molecule has 0 bridgehead atoms. The largest absolute Gasteiger partial charge is 0.595 e. The Bertz CT molecular complexity index is 431. The van der Waals surface area contributed by atoms with Crippen molar-refractivity contribution in [3.63, 3.8) is 0 Å². The van der Waals surface area contributed by atoms with Gasteiger partial charge in [0.1, 0.15) is 5.69 Å². The Kier molecular flexibility index (Phi) is 3.67. The number of amides is 1. The summed E-state index contributed by atoms with van der Waals surface area (Å²) in [6, 6.07) is 2.39. The first kappa shape index (κ1) is 12.2. The van der Waals surface area contributed by atoms with Crippen LogP contribution in [0, 0.1) is 17.0 Å². The van der Waals surface area contributed by atoms with Crippen LogP contribution in [0.1, 0.15) is 15.9 Å². The van der Waals surface area contributed by atoms with Crippen molar-refractivity contribution in [2.45, 2.75) is 6.92 Å². The Morgan fingerprint density at radius 1 is 1.56 bits per heavy atom. The van der Waals surface area contributed by atoms with E-state index in [1.807, 2.05) is 0 Å². The highest BCUT2D eigenvalue weighted by molar-refractivity contribution is 5.97. The number of nitroso groups, excluding NO2 is 1.